The molecule has 0 aromatic carbocycles. The lowest BCUT2D eigenvalue weighted by Crippen LogP contribution is -2.42. The maximum Gasteiger partial charge on any atom is 0.125 e. The van der Waals surface area contributed by atoms with Crippen LogP contribution in [-0.4, -0.2) is 16.0 Å². The third-order valence-corrected chi connectivity index (χ3v) is 3.70. The third-order valence-electron chi connectivity index (χ3n) is 3.70. The van der Waals surface area contributed by atoms with Crippen LogP contribution in [0.3, 0.4) is 0 Å². The Hall–Kier alpha value is -1.96. The minimum atomic E-state index is -0.0486. The van der Waals surface area contributed by atoms with Crippen LogP contribution in [0.15, 0.2) is 60.5 Å². The van der Waals surface area contributed by atoms with Crippen LogP contribution in [0.4, 0.5) is 0 Å². The highest BCUT2D eigenvalue weighted by atomic mass is 15.3. The standard InChI is InChI=1S/C14H12N2/c1-2-7-14-12(4-1)6-9-16(14)11-10-15-8-3-5-13(14)15/h1-8,10-11H,9H2. The first-order valence-corrected chi connectivity index (χ1v) is 5.60. The number of allylic oxidation sites excluding steroid dienone is 2. The molecular formula is C14H12N2. The third kappa shape index (κ3) is 0.757. The van der Waals surface area contributed by atoms with Gasteiger partial charge in [-0.15, -0.1) is 0 Å². The van der Waals surface area contributed by atoms with Crippen LogP contribution >= 0.6 is 0 Å². The molecule has 3 heterocycles. The van der Waals surface area contributed by atoms with Crippen molar-refractivity contribution in [2.24, 2.45) is 0 Å². The Morgan fingerprint density at radius 2 is 2.19 bits per heavy atom. The lowest BCUT2D eigenvalue weighted by atomic mass is 9.83. The molecular weight excluding hydrogens is 196 g/mol. The van der Waals surface area contributed by atoms with Gasteiger partial charge in [0.05, 0.1) is 5.69 Å². The van der Waals surface area contributed by atoms with Gasteiger partial charge in [0.25, 0.3) is 0 Å². The molecule has 2 aliphatic heterocycles. The van der Waals surface area contributed by atoms with E-state index in [1.165, 1.54) is 11.3 Å². The number of nitrogens with zero attached hydrogens (tertiary/aromatic N) is 2. The average Bonchev–Trinajstić information content (AvgIpc) is 2.92. The van der Waals surface area contributed by atoms with Crippen molar-refractivity contribution in [2.45, 2.75) is 5.54 Å². The average molecular weight is 208 g/mol. The van der Waals surface area contributed by atoms with Crippen molar-refractivity contribution >= 4 is 6.20 Å². The van der Waals surface area contributed by atoms with Gasteiger partial charge < -0.3 is 9.47 Å². The van der Waals surface area contributed by atoms with Crippen molar-refractivity contribution in [1.82, 2.24) is 9.47 Å². The summed E-state index contributed by atoms with van der Waals surface area (Å²) in [7, 11) is 0. The van der Waals surface area contributed by atoms with Crippen molar-refractivity contribution < 1.29 is 0 Å². The minimum Gasteiger partial charge on any atom is -0.354 e. The fraction of sp³-hybridized carbons (Fsp3) is 0.143. The van der Waals surface area contributed by atoms with E-state index in [4.69, 9.17) is 0 Å². The molecule has 1 aliphatic carbocycles. The van der Waals surface area contributed by atoms with Gasteiger partial charge in [0, 0.05) is 25.1 Å². The normalized spacial score (nSPS) is 28.8. The molecule has 2 heteroatoms. The highest BCUT2D eigenvalue weighted by Gasteiger charge is 2.44. The molecule has 1 aromatic rings. The van der Waals surface area contributed by atoms with Gasteiger partial charge in [0.15, 0.2) is 0 Å². The first kappa shape index (κ1) is 8.22. The second-order valence-electron chi connectivity index (χ2n) is 4.40. The number of fused-ring (bicyclic) bond motifs is 1. The maximum atomic E-state index is 2.39. The zero-order valence-corrected chi connectivity index (χ0v) is 8.88. The second-order valence-corrected chi connectivity index (χ2v) is 4.40. The van der Waals surface area contributed by atoms with Gasteiger partial charge in [0.1, 0.15) is 5.54 Å². The molecule has 3 aliphatic rings. The molecule has 0 fully saturated rings. The van der Waals surface area contributed by atoms with E-state index in [1.54, 1.807) is 0 Å². The zero-order valence-electron chi connectivity index (χ0n) is 8.88. The molecule has 1 aromatic heterocycles. The predicted octanol–water partition coefficient (Wildman–Crippen LogP) is 2.49. The summed E-state index contributed by atoms with van der Waals surface area (Å²) in [4.78, 5) is 2.39. The van der Waals surface area contributed by atoms with Gasteiger partial charge >= 0.3 is 0 Å². The van der Waals surface area contributed by atoms with E-state index in [1.807, 2.05) is 0 Å². The van der Waals surface area contributed by atoms with Gasteiger partial charge in [-0.25, -0.2) is 0 Å². The first-order chi connectivity index (χ1) is 7.91. The Balaban J connectivity index is 2.05. The summed E-state index contributed by atoms with van der Waals surface area (Å²) in [5, 5.41) is 0. The van der Waals surface area contributed by atoms with Crippen molar-refractivity contribution in [3.63, 3.8) is 0 Å². The second kappa shape index (κ2) is 2.59. The molecule has 0 bridgehead atoms. The van der Waals surface area contributed by atoms with E-state index in [0.717, 1.165) is 6.54 Å². The summed E-state index contributed by atoms with van der Waals surface area (Å²) in [5.41, 5.74) is 2.67. The highest BCUT2D eigenvalue weighted by molar-refractivity contribution is 5.55. The molecule has 0 amide bonds. The van der Waals surface area contributed by atoms with Crippen LogP contribution < -0.4 is 0 Å². The van der Waals surface area contributed by atoms with Crippen molar-refractivity contribution in [3.8, 4) is 0 Å². The molecule has 78 valence electrons. The molecule has 1 atom stereocenters. The summed E-state index contributed by atoms with van der Waals surface area (Å²) < 4.78 is 2.21. The largest absolute Gasteiger partial charge is 0.354 e. The van der Waals surface area contributed by atoms with Crippen LogP contribution in [0.1, 0.15) is 5.69 Å². The molecule has 4 rings (SSSR count). The SMILES string of the molecule is C1=CC2=CCN3C=Cn4cccc4C23C=C1. The van der Waals surface area contributed by atoms with Gasteiger partial charge in [-0.05, 0) is 23.8 Å². The fourth-order valence-electron chi connectivity index (χ4n) is 2.96. The Morgan fingerprint density at radius 1 is 1.19 bits per heavy atom. The van der Waals surface area contributed by atoms with Crippen LogP contribution in [0.25, 0.3) is 6.20 Å². The Labute approximate surface area is 94.5 Å². The number of hydrogen-bond acceptors (Lipinski definition) is 1. The highest BCUT2D eigenvalue weighted by Crippen LogP contribution is 2.45. The van der Waals surface area contributed by atoms with E-state index < -0.39 is 0 Å². The topological polar surface area (TPSA) is 8.17 Å². The fourth-order valence-corrected chi connectivity index (χ4v) is 2.96. The van der Waals surface area contributed by atoms with Crippen LogP contribution in [0.5, 0.6) is 0 Å². The monoisotopic (exact) mass is 208 g/mol. The quantitative estimate of drug-likeness (QED) is 0.636. The molecule has 2 nitrogen and oxygen atoms in total. The van der Waals surface area contributed by atoms with Crippen LogP contribution in [0, 0.1) is 0 Å². The Bertz CT molecular complexity index is 571. The molecule has 0 saturated carbocycles. The number of hydrogen-bond donors (Lipinski definition) is 0. The van der Waals surface area contributed by atoms with E-state index >= 15 is 0 Å². The molecule has 0 N–H and O–H groups in total. The van der Waals surface area contributed by atoms with E-state index in [-0.39, 0.29) is 5.54 Å². The zero-order chi connectivity index (χ0) is 10.6. The minimum absolute atomic E-state index is 0.0486. The van der Waals surface area contributed by atoms with Gasteiger partial charge in [-0.3, -0.25) is 0 Å². The van der Waals surface area contributed by atoms with Gasteiger partial charge in [-0.2, -0.15) is 0 Å². The predicted molar refractivity (Wildman–Crippen MR) is 64.5 cm³/mol. The smallest absolute Gasteiger partial charge is 0.125 e. The van der Waals surface area contributed by atoms with Crippen molar-refractivity contribution in [3.05, 3.63) is 66.2 Å². The molecule has 0 saturated heterocycles. The number of aromatic nitrogens is 1. The molecule has 1 spiro atoms. The van der Waals surface area contributed by atoms with Crippen molar-refractivity contribution in [1.29, 1.82) is 0 Å². The van der Waals surface area contributed by atoms with E-state index in [2.05, 4.69) is 70.6 Å². The van der Waals surface area contributed by atoms with E-state index in [9.17, 15) is 0 Å². The lowest BCUT2D eigenvalue weighted by Gasteiger charge is -2.41. The summed E-state index contributed by atoms with van der Waals surface area (Å²) in [6.45, 7) is 0.992. The van der Waals surface area contributed by atoms with Gasteiger partial charge in [-0.1, -0.05) is 24.3 Å². The summed E-state index contributed by atoms with van der Waals surface area (Å²) in [5.74, 6) is 0. The molecule has 0 radical (unpaired) electrons. The van der Waals surface area contributed by atoms with E-state index in [0.29, 0.717) is 0 Å². The van der Waals surface area contributed by atoms with Gasteiger partial charge in [0.2, 0.25) is 0 Å². The van der Waals surface area contributed by atoms with Crippen LogP contribution in [0.2, 0.25) is 0 Å². The maximum absolute atomic E-state index is 2.39. The molecule has 1 unspecified atom stereocenters. The summed E-state index contributed by atoms with van der Waals surface area (Å²) in [6.07, 6.45) is 17.5. The van der Waals surface area contributed by atoms with Crippen LogP contribution in [-0.2, 0) is 5.54 Å². The lowest BCUT2D eigenvalue weighted by molar-refractivity contribution is 0.273. The summed E-state index contributed by atoms with van der Waals surface area (Å²) >= 11 is 0. The number of rotatable bonds is 0. The Morgan fingerprint density at radius 3 is 3.19 bits per heavy atom. The Kier molecular flexibility index (Phi) is 1.33. The first-order valence-electron chi connectivity index (χ1n) is 5.60. The van der Waals surface area contributed by atoms with Crippen molar-refractivity contribution in [2.75, 3.05) is 6.54 Å². The summed E-state index contributed by atoms with van der Waals surface area (Å²) in [6, 6.07) is 4.32. The molecule has 16 heavy (non-hydrogen) atoms.